The molecule has 0 saturated heterocycles. The van der Waals surface area contributed by atoms with E-state index in [9.17, 15) is 4.79 Å². The fraction of sp³-hybridized carbons (Fsp3) is 0.0909. The quantitative estimate of drug-likeness (QED) is 0.543. The van der Waals surface area contributed by atoms with E-state index in [1.807, 2.05) is 67.6 Å². The largest absolute Gasteiger partial charge is 0.423 e. The third kappa shape index (κ3) is 3.22. The van der Waals surface area contributed by atoms with E-state index in [2.05, 4.69) is 10.3 Å². The highest BCUT2D eigenvalue weighted by molar-refractivity contribution is 5.95. The first-order valence-electron chi connectivity index (χ1n) is 8.48. The Morgan fingerprint density at radius 1 is 0.962 bits per heavy atom. The van der Waals surface area contributed by atoms with Crippen molar-refractivity contribution < 1.29 is 4.42 Å². The topological polar surface area (TPSA) is 55.1 Å². The van der Waals surface area contributed by atoms with Crippen LogP contribution in [-0.2, 0) is 6.54 Å². The number of hydrogen-bond acceptors (Lipinski definition) is 4. The number of anilines is 1. The summed E-state index contributed by atoms with van der Waals surface area (Å²) in [4.78, 5) is 16.4. The van der Waals surface area contributed by atoms with Crippen molar-refractivity contribution in [2.75, 3.05) is 5.32 Å². The van der Waals surface area contributed by atoms with Crippen LogP contribution in [0.4, 0.5) is 5.69 Å². The van der Waals surface area contributed by atoms with Gasteiger partial charge in [-0.2, -0.15) is 0 Å². The van der Waals surface area contributed by atoms with Crippen LogP contribution >= 0.6 is 0 Å². The Kier molecular flexibility index (Phi) is 4.23. The number of fused-ring (bicyclic) bond motifs is 1. The molecule has 0 fully saturated rings. The van der Waals surface area contributed by atoms with Gasteiger partial charge in [-0.3, -0.25) is 4.98 Å². The first-order chi connectivity index (χ1) is 12.7. The molecule has 0 radical (unpaired) electrons. The molecule has 4 nitrogen and oxygen atoms in total. The second kappa shape index (κ2) is 6.84. The van der Waals surface area contributed by atoms with Crippen molar-refractivity contribution in [1.29, 1.82) is 0 Å². The number of benzene rings is 2. The van der Waals surface area contributed by atoms with Gasteiger partial charge in [-0.1, -0.05) is 30.3 Å². The number of aromatic nitrogens is 1. The van der Waals surface area contributed by atoms with Crippen LogP contribution in [-0.4, -0.2) is 4.98 Å². The zero-order valence-electron chi connectivity index (χ0n) is 14.4. The molecule has 0 atom stereocenters. The summed E-state index contributed by atoms with van der Waals surface area (Å²) in [6.07, 6.45) is 1.77. The maximum atomic E-state index is 12.1. The fourth-order valence-corrected chi connectivity index (χ4v) is 3.07. The van der Waals surface area contributed by atoms with Gasteiger partial charge in [0.2, 0.25) is 0 Å². The summed E-state index contributed by atoms with van der Waals surface area (Å²) >= 11 is 0. The van der Waals surface area contributed by atoms with Crippen LogP contribution < -0.4 is 10.9 Å². The molecule has 0 aliphatic rings. The molecule has 0 unspecified atom stereocenters. The molecule has 0 saturated carbocycles. The summed E-state index contributed by atoms with van der Waals surface area (Å²) < 4.78 is 5.45. The summed E-state index contributed by atoms with van der Waals surface area (Å²) in [5, 5.41) is 4.24. The van der Waals surface area contributed by atoms with Gasteiger partial charge in [0, 0.05) is 35.0 Å². The van der Waals surface area contributed by atoms with E-state index in [-0.39, 0.29) is 5.63 Å². The molecular formula is C22H18N2O2. The van der Waals surface area contributed by atoms with Gasteiger partial charge < -0.3 is 9.73 Å². The van der Waals surface area contributed by atoms with E-state index in [4.69, 9.17) is 4.42 Å². The van der Waals surface area contributed by atoms with E-state index >= 15 is 0 Å². The normalized spacial score (nSPS) is 10.8. The van der Waals surface area contributed by atoms with Crippen LogP contribution in [0.2, 0.25) is 0 Å². The number of hydrogen-bond donors (Lipinski definition) is 1. The Morgan fingerprint density at radius 2 is 1.81 bits per heavy atom. The predicted octanol–water partition coefficient (Wildman–Crippen LogP) is 4.78. The van der Waals surface area contributed by atoms with Gasteiger partial charge in [-0.25, -0.2) is 4.79 Å². The molecule has 0 amide bonds. The Bertz CT molecular complexity index is 1120. The number of aryl methyl sites for hydroxylation is 1. The first kappa shape index (κ1) is 16.1. The van der Waals surface area contributed by atoms with E-state index in [0.29, 0.717) is 12.1 Å². The van der Waals surface area contributed by atoms with Crippen molar-refractivity contribution in [3.05, 3.63) is 94.6 Å². The first-order valence-corrected chi connectivity index (χ1v) is 8.48. The van der Waals surface area contributed by atoms with Crippen LogP contribution in [0.15, 0.2) is 82.1 Å². The lowest BCUT2D eigenvalue weighted by Crippen LogP contribution is -2.02. The summed E-state index contributed by atoms with van der Waals surface area (Å²) in [5.41, 5.74) is 5.11. The minimum absolute atomic E-state index is 0.349. The summed E-state index contributed by atoms with van der Waals surface area (Å²) in [5.74, 6) is 0. The van der Waals surface area contributed by atoms with Crippen LogP contribution in [0.1, 0.15) is 11.3 Å². The van der Waals surface area contributed by atoms with E-state index in [1.165, 1.54) is 0 Å². The fourth-order valence-electron chi connectivity index (χ4n) is 3.07. The second-order valence-corrected chi connectivity index (χ2v) is 6.18. The zero-order chi connectivity index (χ0) is 17.9. The molecule has 26 heavy (non-hydrogen) atoms. The highest BCUT2D eigenvalue weighted by Crippen LogP contribution is 2.31. The van der Waals surface area contributed by atoms with Gasteiger partial charge in [-0.15, -0.1) is 0 Å². The highest BCUT2D eigenvalue weighted by atomic mass is 16.4. The Labute approximate surface area is 151 Å². The van der Waals surface area contributed by atoms with Gasteiger partial charge in [0.15, 0.2) is 0 Å². The highest BCUT2D eigenvalue weighted by Gasteiger charge is 2.10. The number of nitrogens with one attached hydrogen (secondary N) is 1. The summed E-state index contributed by atoms with van der Waals surface area (Å²) in [6, 6.07) is 21.2. The monoisotopic (exact) mass is 342 g/mol. The second-order valence-electron chi connectivity index (χ2n) is 6.18. The number of rotatable bonds is 4. The van der Waals surface area contributed by atoms with Crippen LogP contribution in [0, 0.1) is 6.92 Å². The van der Waals surface area contributed by atoms with Crippen molar-refractivity contribution in [3.8, 4) is 11.1 Å². The van der Waals surface area contributed by atoms with Crippen LogP contribution in [0.3, 0.4) is 0 Å². The molecule has 2 heterocycles. The lowest BCUT2D eigenvalue weighted by atomic mass is 9.98. The van der Waals surface area contributed by atoms with Crippen molar-refractivity contribution in [2.45, 2.75) is 13.5 Å². The molecule has 4 heteroatoms. The van der Waals surface area contributed by atoms with Gasteiger partial charge >= 0.3 is 5.63 Å². The third-order valence-electron chi connectivity index (χ3n) is 4.38. The van der Waals surface area contributed by atoms with Crippen molar-refractivity contribution >= 4 is 16.7 Å². The van der Waals surface area contributed by atoms with Crippen LogP contribution in [0.5, 0.6) is 0 Å². The molecular weight excluding hydrogens is 324 g/mol. The molecule has 0 aliphatic heterocycles. The van der Waals surface area contributed by atoms with Gasteiger partial charge in [0.1, 0.15) is 5.58 Å². The number of nitrogens with zero attached hydrogens (tertiary/aromatic N) is 1. The Hall–Kier alpha value is -3.40. The summed E-state index contributed by atoms with van der Waals surface area (Å²) in [6.45, 7) is 2.65. The van der Waals surface area contributed by atoms with Crippen LogP contribution in [0.25, 0.3) is 22.1 Å². The summed E-state index contributed by atoms with van der Waals surface area (Å²) in [7, 11) is 0. The van der Waals surface area contributed by atoms with Crippen molar-refractivity contribution in [2.24, 2.45) is 0 Å². The third-order valence-corrected chi connectivity index (χ3v) is 4.38. The van der Waals surface area contributed by atoms with E-state index in [1.54, 1.807) is 12.3 Å². The standard InChI is InChI=1S/C22H18N2O2/c1-15-6-2-3-8-18(15)20-13-22(25)26-21-12-16(9-10-19(20)21)24-14-17-7-4-5-11-23-17/h2-13,24H,14H2,1H3. The molecule has 0 bridgehead atoms. The minimum Gasteiger partial charge on any atom is -0.423 e. The molecule has 2 aromatic heterocycles. The Balaban J connectivity index is 1.73. The molecule has 0 spiro atoms. The lowest BCUT2D eigenvalue weighted by Gasteiger charge is -2.10. The van der Waals surface area contributed by atoms with E-state index < -0.39 is 0 Å². The average molecular weight is 342 g/mol. The lowest BCUT2D eigenvalue weighted by molar-refractivity contribution is 0.561. The molecule has 0 aliphatic carbocycles. The molecule has 4 aromatic rings. The Morgan fingerprint density at radius 3 is 2.62 bits per heavy atom. The maximum Gasteiger partial charge on any atom is 0.336 e. The average Bonchev–Trinajstić information content (AvgIpc) is 2.67. The van der Waals surface area contributed by atoms with Gasteiger partial charge in [-0.05, 0) is 42.3 Å². The van der Waals surface area contributed by atoms with Crippen molar-refractivity contribution in [3.63, 3.8) is 0 Å². The zero-order valence-corrected chi connectivity index (χ0v) is 14.4. The smallest absolute Gasteiger partial charge is 0.336 e. The number of pyridine rings is 1. The molecule has 4 rings (SSSR count). The maximum absolute atomic E-state index is 12.1. The van der Waals surface area contributed by atoms with Gasteiger partial charge in [0.25, 0.3) is 0 Å². The molecule has 128 valence electrons. The molecule has 1 N–H and O–H groups in total. The SMILES string of the molecule is Cc1ccccc1-c1cc(=O)oc2cc(NCc3ccccn3)ccc12. The molecule has 2 aromatic carbocycles. The predicted molar refractivity (Wildman–Crippen MR) is 104 cm³/mol. The van der Waals surface area contributed by atoms with Crippen molar-refractivity contribution in [1.82, 2.24) is 4.98 Å². The van der Waals surface area contributed by atoms with Gasteiger partial charge in [0.05, 0.1) is 12.2 Å². The van der Waals surface area contributed by atoms with E-state index in [0.717, 1.165) is 33.5 Å². The minimum atomic E-state index is -0.349.